The fraction of sp³-hybridized carbons (Fsp3) is 0.286. The molecule has 3 amide bonds. The highest BCUT2D eigenvalue weighted by molar-refractivity contribution is 6.33. The van der Waals surface area contributed by atoms with Gasteiger partial charge < -0.3 is 4.90 Å². The Hall–Kier alpha value is -2.97. The molecule has 2 aromatic carbocycles. The fourth-order valence-electron chi connectivity index (χ4n) is 3.52. The summed E-state index contributed by atoms with van der Waals surface area (Å²) in [4.78, 5) is 52.1. The number of nitro groups is 1. The fourth-order valence-corrected chi connectivity index (χ4v) is 3.83. The first-order valence-electron chi connectivity index (χ1n) is 9.32. The van der Waals surface area contributed by atoms with Crippen LogP contribution in [0.3, 0.4) is 0 Å². The molecule has 1 aliphatic rings. The smallest absolute Gasteiger partial charge is 0.288 e. The Bertz CT molecular complexity index is 1080. The van der Waals surface area contributed by atoms with Crippen LogP contribution in [0.15, 0.2) is 42.5 Å². The Labute approximate surface area is 188 Å². The van der Waals surface area contributed by atoms with E-state index in [4.69, 9.17) is 23.2 Å². The summed E-state index contributed by atoms with van der Waals surface area (Å²) in [6.45, 7) is 5.16. The Kier molecular flexibility index (Phi) is 6.07. The summed E-state index contributed by atoms with van der Waals surface area (Å²) < 4.78 is 0. The van der Waals surface area contributed by atoms with Crippen molar-refractivity contribution in [2.75, 3.05) is 4.90 Å². The van der Waals surface area contributed by atoms with Gasteiger partial charge in [0.25, 0.3) is 17.5 Å². The van der Waals surface area contributed by atoms with Gasteiger partial charge in [-0.15, -0.1) is 0 Å². The van der Waals surface area contributed by atoms with Crippen LogP contribution in [0, 0.1) is 10.1 Å². The second-order valence-corrected chi connectivity index (χ2v) is 8.88. The van der Waals surface area contributed by atoms with E-state index in [1.165, 1.54) is 17.0 Å². The van der Waals surface area contributed by atoms with Gasteiger partial charge >= 0.3 is 0 Å². The van der Waals surface area contributed by atoms with Crippen LogP contribution in [-0.4, -0.2) is 39.1 Å². The van der Waals surface area contributed by atoms with E-state index in [0.29, 0.717) is 10.7 Å². The van der Waals surface area contributed by atoms with Crippen molar-refractivity contribution in [2.24, 2.45) is 0 Å². The van der Waals surface area contributed by atoms with Crippen LogP contribution in [0.5, 0.6) is 0 Å². The number of imide groups is 1. The van der Waals surface area contributed by atoms with Crippen molar-refractivity contribution in [1.82, 2.24) is 4.90 Å². The van der Waals surface area contributed by atoms with Crippen molar-refractivity contribution in [2.45, 2.75) is 38.8 Å². The van der Waals surface area contributed by atoms with Crippen molar-refractivity contribution < 1.29 is 19.3 Å². The lowest BCUT2D eigenvalue weighted by Crippen LogP contribution is -2.54. The van der Waals surface area contributed by atoms with Gasteiger partial charge in [0, 0.05) is 22.2 Å². The van der Waals surface area contributed by atoms with E-state index >= 15 is 0 Å². The number of hydrogen-bond acceptors (Lipinski definition) is 5. The maximum Gasteiger partial charge on any atom is 0.288 e. The van der Waals surface area contributed by atoms with E-state index in [2.05, 4.69) is 0 Å². The number of carbonyl (C=O) groups excluding carboxylic acids is 3. The molecule has 1 heterocycles. The molecule has 3 rings (SSSR count). The number of carbonyl (C=O) groups is 3. The molecule has 10 heteroatoms. The average molecular weight is 464 g/mol. The second kappa shape index (κ2) is 8.28. The van der Waals surface area contributed by atoms with Crippen LogP contribution >= 0.6 is 23.2 Å². The maximum absolute atomic E-state index is 13.4. The molecule has 162 valence electrons. The molecular formula is C21H19Cl2N3O5. The van der Waals surface area contributed by atoms with Gasteiger partial charge in [0.2, 0.25) is 5.91 Å². The predicted molar refractivity (Wildman–Crippen MR) is 116 cm³/mol. The molecule has 0 bridgehead atoms. The maximum atomic E-state index is 13.4. The molecule has 1 unspecified atom stereocenters. The monoisotopic (exact) mass is 463 g/mol. The lowest BCUT2D eigenvalue weighted by Gasteiger charge is -2.39. The number of amides is 3. The molecular weight excluding hydrogens is 445 g/mol. The number of nitro benzene ring substituents is 1. The highest BCUT2D eigenvalue weighted by Gasteiger charge is 2.47. The number of benzene rings is 2. The van der Waals surface area contributed by atoms with Gasteiger partial charge in [-0.25, -0.2) is 4.90 Å². The number of anilines is 1. The number of rotatable bonds is 4. The predicted octanol–water partition coefficient (Wildman–Crippen LogP) is 4.47. The minimum absolute atomic E-state index is 0.00350. The Morgan fingerprint density at radius 3 is 2.29 bits per heavy atom. The van der Waals surface area contributed by atoms with Crippen LogP contribution < -0.4 is 4.90 Å². The molecule has 8 nitrogen and oxygen atoms in total. The summed E-state index contributed by atoms with van der Waals surface area (Å²) in [5, 5.41) is 11.6. The van der Waals surface area contributed by atoms with Gasteiger partial charge in [0.15, 0.2) is 0 Å². The highest BCUT2D eigenvalue weighted by Crippen LogP contribution is 2.33. The number of halogens is 2. The molecule has 1 atom stereocenters. The van der Waals surface area contributed by atoms with E-state index in [9.17, 15) is 24.5 Å². The zero-order valence-electron chi connectivity index (χ0n) is 17.0. The van der Waals surface area contributed by atoms with E-state index in [1.54, 1.807) is 45.0 Å². The molecule has 0 spiro atoms. The normalized spacial score (nSPS) is 16.5. The van der Waals surface area contributed by atoms with Crippen molar-refractivity contribution in [3.63, 3.8) is 0 Å². The summed E-state index contributed by atoms with van der Waals surface area (Å²) >= 11 is 11.7. The SMILES string of the molecule is CC(C)(C)N(C(=O)c1ccc(Cl)c([N+](=O)[O-])c1)C1CC(=O)N(c2ccc(Cl)cc2)C1=O. The van der Waals surface area contributed by atoms with Crippen molar-refractivity contribution >= 4 is 52.3 Å². The topological polar surface area (TPSA) is 101 Å². The lowest BCUT2D eigenvalue weighted by atomic mass is 9.99. The van der Waals surface area contributed by atoms with Gasteiger partial charge in [-0.05, 0) is 57.2 Å². The van der Waals surface area contributed by atoms with Crippen LogP contribution in [0.2, 0.25) is 10.0 Å². The quantitative estimate of drug-likeness (QED) is 0.378. The lowest BCUT2D eigenvalue weighted by molar-refractivity contribution is -0.384. The first-order chi connectivity index (χ1) is 14.4. The zero-order chi connectivity index (χ0) is 23.1. The summed E-state index contributed by atoms with van der Waals surface area (Å²) in [6.07, 6.45) is -0.208. The summed E-state index contributed by atoms with van der Waals surface area (Å²) in [7, 11) is 0. The van der Waals surface area contributed by atoms with Gasteiger partial charge in [-0.1, -0.05) is 23.2 Å². The second-order valence-electron chi connectivity index (χ2n) is 8.03. The third-order valence-electron chi connectivity index (χ3n) is 4.85. The number of nitrogens with zero attached hydrogens (tertiary/aromatic N) is 3. The van der Waals surface area contributed by atoms with Crippen LogP contribution in [0.1, 0.15) is 37.6 Å². The molecule has 0 N–H and O–H groups in total. The number of hydrogen-bond donors (Lipinski definition) is 0. The van der Waals surface area contributed by atoms with Gasteiger partial charge in [-0.3, -0.25) is 24.5 Å². The molecule has 0 saturated carbocycles. The van der Waals surface area contributed by atoms with Crippen LogP contribution in [0.4, 0.5) is 11.4 Å². The van der Waals surface area contributed by atoms with Crippen molar-refractivity contribution in [1.29, 1.82) is 0 Å². The van der Waals surface area contributed by atoms with Crippen molar-refractivity contribution in [3.05, 3.63) is 68.2 Å². The van der Waals surface area contributed by atoms with Gasteiger partial charge in [0.05, 0.1) is 17.0 Å². The van der Waals surface area contributed by atoms with Crippen molar-refractivity contribution in [3.8, 4) is 0 Å². The Balaban J connectivity index is 2.00. The summed E-state index contributed by atoms with van der Waals surface area (Å²) in [6, 6.07) is 8.84. The highest BCUT2D eigenvalue weighted by atomic mass is 35.5. The largest absolute Gasteiger partial charge is 0.321 e. The third-order valence-corrected chi connectivity index (χ3v) is 5.42. The van der Waals surface area contributed by atoms with Crippen LogP contribution in [-0.2, 0) is 9.59 Å². The molecule has 0 aromatic heterocycles. The Morgan fingerprint density at radius 2 is 1.74 bits per heavy atom. The molecule has 2 aromatic rings. The molecule has 1 aliphatic heterocycles. The first-order valence-corrected chi connectivity index (χ1v) is 10.1. The van der Waals surface area contributed by atoms with E-state index < -0.39 is 39.9 Å². The van der Waals surface area contributed by atoms with Gasteiger partial charge in [-0.2, -0.15) is 0 Å². The summed E-state index contributed by atoms with van der Waals surface area (Å²) in [5.41, 5.74) is -0.929. The minimum atomic E-state index is -1.06. The van der Waals surface area contributed by atoms with Crippen LogP contribution in [0.25, 0.3) is 0 Å². The Morgan fingerprint density at radius 1 is 1.13 bits per heavy atom. The van der Waals surface area contributed by atoms with E-state index in [1.807, 2.05) is 0 Å². The molecule has 0 radical (unpaired) electrons. The van der Waals surface area contributed by atoms with E-state index in [0.717, 1.165) is 11.0 Å². The third kappa shape index (κ3) is 4.40. The molecule has 31 heavy (non-hydrogen) atoms. The molecule has 0 aliphatic carbocycles. The first kappa shape index (κ1) is 22.7. The van der Waals surface area contributed by atoms with Gasteiger partial charge in [0.1, 0.15) is 11.1 Å². The zero-order valence-corrected chi connectivity index (χ0v) is 18.5. The molecule has 1 saturated heterocycles. The molecule has 1 fully saturated rings. The summed E-state index contributed by atoms with van der Waals surface area (Å²) in [5.74, 6) is -1.63. The standard InChI is InChI=1S/C21H19Cl2N3O5/c1-21(2,3)25(19(28)12-4-9-15(23)16(10-12)26(30)31)17-11-18(27)24(20(17)29)14-7-5-13(22)6-8-14/h4-10,17H,11H2,1-3H3. The van der Waals surface area contributed by atoms with E-state index in [-0.39, 0.29) is 17.0 Å². The average Bonchev–Trinajstić information content (AvgIpc) is 2.95. The minimum Gasteiger partial charge on any atom is -0.321 e.